The molecule has 1 aromatic heterocycles. The summed E-state index contributed by atoms with van der Waals surface area (Å²) < 4.78 is 2.68. The summed E-state index contributed by atoms with van der Waals surface area (Å²) in [6.07, 6.45) is 0. The van der Waals surface area contributed by atoms with Gasteiger partial charge in [-0.2, -0.15) is 0 Å². The summed E-state index contributed by atoms with van der Waals surface area (Å²) in [5, 5.41) is 10.4. The van der Waals surface area contributed by atoms with Gasteiger partial charge in [-0.25, -0.2) is 0 Å². The summed E-state index contributed by atoms with van der Waals surface area (Å²) in [6.45, 7) is 4.78. The van der Waals surface area contributed by atoms with Crippen molar-refractivity contribution in [3.8, 4) is 44.5 Å². The Morgan fingerprint density at radius 1 is 0.385 bits per heavy atom. The summed E-state index contributed by atoms with van der Waals surface area (Å²) in [6, 6.07) is 63.4. The van der Waals surface area contributed by atoms with Gasteiger partial charge >= 0.3 is 0 Å². The van der Waals surface area contributed by atoms with Crippen LogP contribution < -0.4 is 0 Å². The Bertz CT molecular complexity index is 3040. The maximum atomic E-state index is 2.43. The van der Waals surface area contributed by atoms with Gasteiger partial charge < -0.3 is 0 Å². The molecule has 0 saturated heterocycles. The molecule has 0 bridgehead atoms. The molecule has 0 aliphatic heterocycles. The Labute approximate surface area is 307 Å². The average Bonchev–Trinajstić information content (AvgIpc) is 3.69. The lowest BCUT2D eigenvalue weighted by Crippen LogP contribution is -2.15. The van der Waals surface area contributed by atoms with Crippen molar-refractivity contribution in [1.82, 2.24) is 0 Å². The van der Waals surface area contributed by atoms with Crippen molar-refractivity contribution in [3.05, 3.63) is 181 Å². The second-order valence-corrected chi connectivity index (χ2v) is 15.8. The van der Waals surface area contributed by atoms with E-state index in [1.807, 2.05) is 11.3 Å². The predicted octanol–water partition coefficient (Wildman–Crippen LogP) is 14.8. The van der Waals surface area contributed by atoms with E-state index in [0.29, 0.717) is 0 Å². The first kappa shape index (κ1) is 29.7. The van der Waals surface area contributed by atoms with Crippen LogP contribution in [-0.4, -0.2) is 0 Å². The lowest BCUT2D eigenvalue weighted by molar-refractivity contribution is 0.666. The van der Waals surface area contributed by atoms with Crippen LogP contribution >= 0.6 is 11.3 Å². The molecule has 1 heterocycles. The number of benzene rings is 9. The summed E-state index contributed by atoms with van der Waals surface area (Å²) >= 11 is 1.91. The van der Waals surface area contributed by atoms with Crippen LogP contribution in [0.1, 0.15) is 25.0 Å². The van der Waals surface area contributed by atoms with Crippen LogP contribution in [0.4, 0.5) is 0 Å². The molecule has 0 radical (unpaired) electrons. The smallest absolute Gasteiger partial charge is 0.0434 e. The van der Waals surface area contributed by atoms with Crippen molar-refractivity contribution in [2.75, 3.05) is 0 Å². The molecule has 1 heteroatoms. The van der Waals surface area contributed by atoms with Crippen LogP contribution in [0.5, 0.6) is 0 Å². The second kappa shape index (κ2) is 11.0. The minimum atomic E-state index is -0.0986. The number of hydrogen-bond acceptors (Lipinski definition) is 1. The van der Waals surface area contributed by atoms with E-state index < -0.39 is 0 Å². The van der Waals surface area contributed by atoms with Crippen LogP contribution in [-0.2, 0) is 5.41 Å². The minimum absolute atomic E-state index is 0.0986. The molecule has 0 nitrogen and oxygen atoms in total. The second-order valence-electron chi connectivity index (χ2n) is 14.8. The quantitative estimate of drug-likeness (QED) is 0.163. The molecule has 9 aromatic carbocycles. The largest absolute Gasteiger partial charge is 0.135 e. The normalized spacial score (nSPS) is 13.3. The summed E-state index contributed by atoms with van der Waals surface area (Å²) in [5.74, 6) is 0. The summed E-state index contributed by atoms with van der Waals surface area (Å²) in [5.41, 5.74) is 13.2. The van der Waals surface area contributed by atoms with E-state index in [2.05, 4.69) is 184 Å². The Hall–Kier alpha value is -6.02. The van der Waals surface area contributed by atoms with E-state index >= 15 is 0 Å². The van der Waals surface area contributed by atoms with Crippen molar-refractivity contribution in [1.29, 1.82) is 0 Å². The molecule has 52 heavy (non-hydrogen) atoms. The molecule has 1 aliphatic rings. The highest BCUT2D eigenvalue weighted by atomic mass is 32.1. The topological polar surface area (TPSA) is 0 Å². The number of fused-ring (bicyclic) bond motifs is 10. The highest BCUT2D eigenvalue weighted by Crippen LogP contribution is 2.55. The van der Waals surface area contributed by atoms with Crippen LogP contribution in [0.25, 0.3) is 97.0 Å². The fourth-order valence-corrected chi connectivity index (χ4v) is 10.6. The molecule has 0 fully saturated rings. The van der Waals surface area contributed by atoms with Crippen LogP contribution in [0.3, 0.4) is 0 Å². The van der Waals surface area contributed by atoms with Gasteiger partial charge in [0.1, 0.15) is 0 Å². The van der Waals surface area contributed by atoms with Crippen LogP contribution in [0, 0.1) is 0 Å². The van der Waals surface area contributed by atoms with Crippen molar-refractivity contribution >= 4 is 63.8 Å². The molecule has 0 saturated carbocycles. The maximum Gasteiger partial charge on any atom is 0.0434 e. The van der Waals surface area contributed by atoms with Crippen molar-refractivity contribution < 1.29 is 0 Å². The first-order valence-corrected chi connectivity index (χ1v) is 19.0. The monoisotopic (exact) mass is 678 g/mol. The van der Waals surface area contributed by atoms with Gasteiger partial charge in [-0.05, 0) is 94.5 Å². The zero-order chi connectivity index (χ0) is 34.6. The van der Waals surface area contributed by atoms with E-state index in [1.54, 1.807) is 0 Å². The minimum Gasteiger partial charge on any atom is -0.135 e. The Balaban J connectivity index is 1.16. The molecule has 0 amide bonds. The van der Waals surface area contributed by atoms with Gasteiger partial charge in [0.2, 0.25) is 0 Å². The van der Waals surface area contributed by atoms with Gasteiger partial charge in [-0.15, -0.1) is 11.3 Å². The summed E-state index contributed by atoms with van der Waals surface area (Å²) in [4.78, 5) is 0. The molecular weight excluding hydrogens is 645 g/mol. The SMILES string of the molecule is CC1(C)c2cccc(-c3cccc(-c4c5ccccc5c(-c5cccc6c5sc5ccccc56)c5ccccc45)c3)c2-c2ccc3ccccc3c21. The van der Waals surface area contributed by atoms with Crippen LogP contribution in [0.15, 0.2) is 170 Å². The van der Waals surface area contributed by atoms with E-state index in [4.69, 9.17) is 0 Å². The lowest BCUT2D eigenvalue weighted by atomic mass is 9.80. The predicted molar refractivity (Wildman–Crippen MR) is 226 cm³/mol. The molecule has 11 rings (SSSR count). The zero-order valence-corrected chi connectivity index (χ0v) is 29.9. The van der Waals surface area contributed by atoms with Gasteiger partial charge in [0, 0.05) is 31.2 Å². The van der Waals surface area contributed by atoms with E-state index in [-0.39, 0.29) is 5.41 Å². The third kappa shape index (κ3) is 4.09. The third-order valence-corrected chi connectivity index (χ3v) is 12.8. The van der Waals surface area contributed by atoms with Crippen molar-refractivity contribution in [3.63, 3.8) is 0 Å². The first-order chi connectivity index (χ1) is 25.6. The molecule has 0 unspecified atom stereocenters. The highest BCUT2D eigenvalue weighted by Gasteiger charge is 2.38. The van der Waals surface area contributed by atoms with Crippen molar-refractivity contribution in [2.45, 2.75) is 19.3 Å². The number of rotatable bonds is 3. The van der Waals surface area contributed by atoms with E-state index in [1.165, 1.54) is 108 Å². The van der Waals surface area contributed by atoms with Gasteiger partial charge in [-0.3, -0.25) is 0 Å². The first-order valence-electron chi connectivity index (χ1n) is 18.2. The van der Waals surface area contributed by atoms with Gasteiger partial charge in [0.05, 0.1) is 0 Å². The molecule has 0 spiro atoms. The lowest BCUT2D eigenvalue weighted by Gasteiger charge is -2.23. The molecule has 0 N–H and O–H groups in total. The van der Waals surface area contributed by atoms with E-state index in [0.717, 1.165) is 0 Å². The highest BCUT2D eigenvalue weighted by molar-refractivity contribution is 7.26. The molecule has 1 aliphatic carbocycles. The average molecular weight is 679 g/mol. The third-order valence-electron chi connectivity index (χ3n) is 11.6. The van der Waals surface area contributed by atoms with Gasteiger partial charge in [-0.1, -0.05) is 172 Å². The van der Waals surface area contributed by atoms with E-state index in [9.17, 15) is 0 Å². The number of hydrogen-bond donors (Lipinski definition) is 0. The molecular formula is C51H34S. The van der Waals surface area contributed by atoms with Crippen molar-refractivity contribution in [2.24, 2.45) is 0 Å². The standard InChI is InChI=1S/C51H34S/c1-51(2)44-26-13-23-34(48(44)42-29-28-31-14-3-4-17-35(31)49(42)51)32-15-11-16-33(30-32)46-37-19-5-7-21-39(37)47(40-22-8-6-20-38(40)46)43-25-12-24-41-36-18-9-10-27-45(36)52-50(41)43/h3-30H,1-2H3. The molecule has 244 valence electrons. The summed E-state index contributed by atoms with van der Waals surface area (Å²) in [7, 11) is 0. The molecule has 0 atom stereocenters. The molecule has 10 aromatic rings. The fraction of sp³-hybridized carbons (Fsp3) is 0.0588. The number of thiophene rings is 1. The van der Waals surface area contributed by atoms with Gasteiger partial charge in [0.25, 0.3) is 0 Å². The fourth-order valence-electron chi connectivity index (χ4n) is 9.41. The Morgan fingerprint density at radius 2 is 0.962 bits per heavy atom. The Kier molecular flexibility index (Phi) is 6.27. The zero-order valence-electron chi connectivity index (χ0n) is 29.1. The van der Waals surface area contributed by atoms with Gasteiger partial charge in [0.15, 0.2) is 0 Å². The maximum absolute atomic E-state index is 2.43. The Morgan fingerprint density at radius 3 is 1.73 bits per heavy atom. The van der Waals surface area contributed by atoms with Crippen LogP contribution in [0.2, 0.25) is 0 Å².